The molecular formula is C24H30N4O. The second-order valence-electron chi connectivity index (χ2n) is 7.91. The molecule has 0 amide bonds. The lowest BCUT2D eigenvalue weighted by molar-refractivity contribution is 0.112. The first-order chi connectivity index (χ1) is 14.0. The Morgan fingerprint density at radius 3 is 2.48 bits per heavy atom. The largest absolute Gasteiger partial charge is 0.309 e. The SMILES string of the molecule is Cc1cn(-c2cccc(C=O)c2)nc1-c1ccc(CN(C)CCCN(C)C)cc1. The molecule has 0 aliphatic rings. The molecule has 0 aliphatic carbocycles. The van der Waals surface area contributed by atoms with E-state index in [4.69, 9.17) is 5.10 Å². The van der Waals surface area contributed by atoms with Gasteiger partial charge in [-0.05, 0) is 70.8 Å². The van der Waals surface area contributed by atoms with Gasteiger partial charge in [0.2, 0.25) is 0 Å². The zero-order valence-electron chi connectivity index (χ0n) is 17.8. The minimum atomic E-state index is 0.649. The molecule has 5 nitrogen and oxygen atoms in total. The van der Waals surface area contributed by atoms with E-state index < -0.39 is 0 Å². The number of aryl methyl sites for hydroxylation is 1. The zero-order valence-corrected chi connectivity index (χ0v) is 17.8. The molecule has 0 fully saturated rings. The van der Waals surface area contributed by atoms with Crippen LogP contribution in [0.25, 0.3) is 16.9 Å². The van der Waals surface area contributed by atoms with Crippen molar-refractivity contribution in [1.82, 2.24) is 19.6 Å². The van der Waals surface area contributed by atoms with Crippen LogP contribution in [0, 0.1) is 6.92 Å². The quantitative estimate of drug-likeness (QED) is 0.517. The third-order valence-electron chi connectivity index (χ3n) is 4.99. The van der Waals surface area contributed by atoms with Crippen molar-refractivity contribution < 1.29 is 4.79 Å². The van der Waals surface area contributed by atoms with Gasteiger partial charge in [0.25, 0.3) is 0 Å². The molecule has 0 radical (unpaired) electrons. The summed E-state index contributed by atoms with van der Waals surface area (Å²) in [5.41, 5.74) is 6.02. The fourth-order valence-electron chi connectivity index (χ4n) is 3.43. The van der Waals surface area contributed by atoms with Gasteiger partial charge in [-0.1, -0.05) is 36.4 Å². The number of nitrogens with zero attached hydrogens (tertiary/aromatic N) is 4. The van der Waals surface area contributed by atoms with Crippen molar-refractivity contribution in [2.45, 2.75) is 19.9 Å². The van der Waals surface area contributed by atoms with Gasteiger partial charge in [0.05, 0.1) is 11.4 Å². The monoisotopic (exact) mass is 390 g/mol. The van der Waals surface area contributed by atoms with Crippen molar-refractivity contribution in [3.63, 3.8) is 0 Å². The van der Waals surface area contributed by atoms with E-state index in [1.807, 2.05) is 29.1 Å². The van der Waals surface area contributed by atoms with Crippen molar-refractivity contribution in [2.75, 3.05) is 34.2 Å². The predicted molar refractivity (Wildman–Crippen MR) is 119 cm³/mol. The van der Waals surface area contributed by atoms with E-state index in [-0.39, 0.29) is 0 Å². The number of hydrogen-bond donors (Lipinski definition) is 0. The fraction of sp³-hybridized carbons (Fsp3) is 0.333. The lowest BCUT2D eigenvalue weighted by atomic mass is 10.1. The molecule has 3 aromatic rings. The first-order valence-electron chi connectivity index (χ1n) is 10.0. The van der Waals surface area contributed by atoms with Gasteiger partial charge in [-0.25, -0.2) is 4.68 Å². The number of benzene rings is 2. The van der Waals surface area contributed by atoms with Gasteiger partial charge in [-0.3, -0.25) is 4.79 Å². The minimum absolute atomic E-state index is 0.649. The molecule has 0 unspecified atom stereocenters. The van der Waals surface area contributed by atoms with Crippen molar-refractivity contribution in [3.05, 3.63) is 71.4 Å². The maximum Gasteiger partial charge on any atom is 0.150 e. The fourth-order valence-corrected chi connectivity index (χ4v) is 3.43. The van der Waals surface area contributed by atoms with Crippen molar-refractivity contribution in [1.29, 1.82) is 0 Å². The van der Waals surface area contributed by atoms with Crippen molar-refractivity contribution >= 4 is 6.29 Å². The summed E-state index contributed by atoms with van der Waals surface area (Å²) in [6, 6.07) is 16.1. The number of carbonyl (C=O) groups excluding carboxylic acids is 1. The molecule has 3 rings (SSSR count). The van der Waals surface area contributed by atoms with Gasteiger partial charge in [0, 0.05) is 23.9 Å². The Balaban J connectivity index is 1.70. The molecule has 2 aromatic carbocycles. The number of rotatable bonds is 9. The third-order valence-corrected chi connectivity index (χ3v) is 4.99. The van der Waals surface area contributed by atoms with Crippen LogP contribution in [0.3, 0.4) is 0 Å². The molecule has 0 saturated heterocycles. The first-order valence-corrected chi connectivity index (χ1v) is 10.0. The average Bonchev–Trinajstić information content (AvgIpc) is 3.10. The summed E-state index contributed by atoms with van der Waals surface area (Å²) in [6.07, 6.45) is 4.03. The van der Waals surface area contributed by atoms with E-state index in [0.29, 0.717) is 5.56 Å². The van der Waals surface area contributed by atoms with Crippen LogP contribution in [0.5, 0.6) is 0 Å². The Hall–Kier alpha value is -2.76. The van der Waals surface area contributed by atoms with Gasteiger partial charge in [0.15, 0.2) is 0 Å². The molecule has 0 bridgehead atoms. The van der Waals surface area contributed by atoms with Gasteiger partial charge in [0.1, 0.15) is 6.29 Å². The molecule has 0 N–H and O–H groups in total. The summed E-state index contributed by atoms with van der Waals surface area (Å²) in [4.78, 5) is 15.6. The van der Waals surface area contributed by atoms with E-state index >= 15 is 0 Å². The maximum absolute atomic E-state index is 11.0. The molecule has 1 heterocycles. The van der Waals surface area contributed by atoms with Crippen molar-refractivity contribution in [2.24, 2.45) is 0 Å². The molecule has 0 spiro atoms. The Morgan fingerprint density at radius 2 is 1.79 bits per heavy atom. The standard InChI is InChI=1S/C24H30N4O/c1-19-16-28(23-8-5-7-21(15-23)18-29)25-24(19)22-11-9-20(10-12-22)17-27(4)14-6-13-26(2)3/h5,7-12,15-16,18H,6,13-14,17H2,1-4H3. The van der Waals surface area contributed by atoms with Crippen LogP contribution in [0.1, 0.15) is 27.9 Å². The summed E-state index contributed by atoms with van der Waals surface area (Å²) in [5.74, 6) is 0. The highest BCUT2D eigenvalue weighted by atomic mass is 16.1. The number of aromatic nitrogens is 2. The minimum Gasteiger partial charge on any atom is -0.309 e. The topological polar surface area (TPSA) is 41.4 Å². The smallest absolute Gasteiger partial charge is 0.150 e. The average molecular weight is 391 g/mol. The second-order valence-corrected chi connectivity index (χ2v) is 7.91. The molecular weight excluding hydrogens is 360 g/mol. The maximum atomic E-state index is 11.0. The van der Waals surface area contributed by atoms with Gasteiger partial charge in [-0.2, -0.15) is 5.10 Å². The zero-order chi connectivity index (χ0) is 20.8. The van der Waals surface area contributed by atoms with Crippen molar-refractivity contribution in [3.8, 4) is 16.9 Å². The third kappa shape index (κ3) is 5.62. The first kappa shape index (κ1) is 21.0. The Labute approximate surface area is 173 Å². The van der Waals surface area contributed by atoms with Crippen LogP contribution in [0.15, 0.2) is 54.7 Å². The molecule has 0 saturated carbocycles. The highest BCUT2D eigenvalue weighted by Gasteiger charge is 2.10. The second kappa shape index (κ2) is 9.63. The van der Waals surface area contributed by atoms with Gasteiger partial charge < -0.3 is 9.80 Å². The van der Waals surface area contributed by atoms with E-state index in [2.05, 4.69) is 62.1 Å². The lowest BCUT2D eigenvalue weighted by Gasteiger charge is -2.18. The van der Waals surface area contributed by atoms with E-state index in [1.165, 1.54) is 12.0 Å². The molecule has 5 heteroatoms. The Morgan fingerprint density at radius 1 is 1.03 bits per heavy atom. The summed E-state index contributed by atoms with van der Waals surface area (Å²) in [6.45, 7) is 5.21. The number of hydrogen-bond acceptors (Lipinski definition) is 4. The van der Waals surface area contributed by atoms with Crippen LogP contribution in [0.2, 0.25) is 0 Å². The lowest BCUT2D eigenvalue weighted by Crippen LogP contribution is -2.23. The van der Waals surface area contributed by atoms with Crippen LogP contribution in [-0.2, 0) is 6.54 Å². The highest BCUT2D eigenvalue weighted by Crippen LogP contribution is 2.24. The summed E-state index contributed by atoms with van der Waals surface area (Å²) < 4.78 is 1.84. The Bertz CT molecular complexity index is 944. The predicted octanol–water partition coefficient (Wildman–Crippen LogP) is 4.04. The van der Waals surface area contributed by atoms with E-state index in [0.717, 1.165) is 48.4 Å². The summed E-state index contributed by atoms with van der Waals surface area (Å²) in [7, 11) is 6.39. The highest BCUT2D eigenvalue weighted by molar-refractivity contribution is 5.76. The summed E-state index contributed by atoms with van der Waals surface area (Å²) in [5, 5.41) is 4.76. The molecule has 0 atom stereocenters. The normalized spacial score (nSPS) is 11.4. The van der Waals surface area contributed by atoms with Crippen LogP contribution in [-0.4, -0.2) is 60.1 Å². The van der Waals surface area contributed by atoms with Gasteiger partial charge >= 0.3 is 0 Å². The number of aldehydes is 1. The molecule has 0 aliphatic heterocycles. The van der Waals surface area contributed by atoms with Crippen LogP contribution < -0.4 is 0 Å². The van der Waals surface area contributed by atoms with E-state index in [1.54, 1.807) is 6.07 Å². The van der Waals surface area contributed by atoms with Crippen LogP contribution in [0.4, 0.5) is 0 Å². The molecule has 29 heavy (non-hydrogen) atoms. The van der Waals surface area contributed by atoms with E-state index in [9.17, 15) is 4.79 Å². The van der Waals surface area contributed by atoms with Gasteiger partial charge in [-0.15, -0.1) is 0 Å². The number of carbonyl (C=O) groups is 1. The van der Waals surface area contributed by atoms with Crippen LogP contribution >= 0.6 is 0 Å². The summed E-state index contributed by atoms with van der Waals surface area (Å²) >= 11 is 0. The molecule has 152 valence electrons. The molecule has 1 aromatic heterocycles. The Kier molecular flexibility index (Phi) is 6.96.